The Morgan fingerprint density at radius 1 is 1.24 bits per heavy atom. The average molecular weight is 592 g/mol. The number of hydrogen-bond acceptors (Lipinski definition) is 6. The third-order valence-electron chi connectivity index (χ3n) is 8.68. The lowest BCUT2D eigenvalue weighted by Crippen LogP contribution is -2.52. The fourth-order valence-electron chi connectivity index (χ4n) is 7.07. The molecule has 3 aliphatic rings. The molecule has 9 nitrogen and oxygen atoms in total. The number of nitrogens with one attached hydrogen (secondary N) is 1. The summed E-state index contributed by atoms with van der Waals surface area (Å²) in [5, 5.41) is 2.92. The number of hydrogen-bond donors (Lipinski definition) is 2. The number of ether oxygens (including phenoxy) is 1. The van der Waals surface area contributed by atoms with Crippen molar-refractivity contribution in [3.05, 3.63) is 82.4 Å². The van der Waals surface area contributed by atoms with Crippen LogP contribution < -0.4 is 20.7 Å². The molecule has 3 amide bonds. The molecule has 218 valence electrons. The Morgan fingerprint density at radius 3 is 2.69 bits per heavy atom. The van der Waals surface area contributed by atoms with Crippen molar-refractivity contribution in [1.29, 1.82) is 0 Å². The van der Waals surface area contributed by atoms with Gasteiger partial charge in [0.25, 0.3) is 0 Å². The molecule has 0 unspecified atom stereocenters. The van der Waals surface area contributed by atoms with Crippen LogP contribution in [0, 0.1) is 11.2 Å². The number of benzene rings is 2. The van der Waals surface area contributed by atoms with E-state index in [-0.39, 0.29) is 40.0 Å². The Balaban J connectivity index is 1.59. The SMILES string of the molecule is COc1cc(C(N)=O)ccc1N1CN2[C@@H](CC(C)(C)C)[C@@]3(C(=O)Nc4ccncc43)[C@@H](c3cccc(Cl)c3F)[C@@H]2C1=O. The first-order chi connectivity index (χ1) is 19.9. The highest BCUT2D eigenvalue weighted by molar-refractivity contribution is 6.30. The first-order valence-corrected chi connectivity index (χ1v) is 14.0. The van der Waals surface area contributed by atoms with Gasteiger partial charge in [0.1, 0.15) is 17.0 Å². The van der Waals surface area contributed by atoms with E-state index in [4.69, 9.17) is 22.1 Å². The van der Waals surface area contributed by atoms with Crippen LogP contribution in [0.4, 0.5) is 15.8 Å². The van der Waals surface area contributed by atoms with Crippen molar-refractivity contribution in [3.8, 4) is 5.75 Å². The highest BCUT2D eigenvalue weighted by atomic mass is 35.5. The highest BCUT2D eigenvalue weighted by Crippen LogP contribution is 2.61. The van der Waals surface area contributed by atoms with E-state index < -0.39 is 35.1 Å². The summed E-state index contributed by atoms with van der Waals surface area (Å²) in [5.41, 5.74) is 5.96. The van der Waals surface area contributed by atoms with E-state index in [2.05, 4.69) is 31.1 Å². The summed E-state index contributed by atoms with van der Waals surface area (Å²) in [6, 6.07) is 9.62. The molecule has 42 heavy (non-hydrogen) atoms. The van der Waals surface area contributed by atoms with Crippen molar-refractivity contribution in [1.82, 2.24) is 9.88 Å². The predicted octanol–water partition coefficient (Wildman–Crippen LogP) is 4.45. The van der Waals surface area contributed by atoms with Gasteiger partial charge >= 0.3 is 0 Å². The number of rotatable bonds is 5. The summed E-state index contributed by atoms with van der Waals surface area (Å²) in [6.07, 6.45) is 3.76. The van der Waals surface area contributed by atoms with Gasteiger partial charge in [-0.15, -0.1) is 0 Å². The predicted molar refractivity (Wildman–Crippen MR) is 156 cm³/mol. The summed E-state index contributed by atoms with van der Waals surface area (Å²) in [5.74, 6) is -2.56. The summed E-state index contributed by atoms with van der Waals surface area (Å²) in [4.78, 5) is 48.6. The Morgan fingerprint density at radius 2 is 2.00 bits per heavy atom. The van der Waals surface area contributed by atoms with E-state index in [9.17, 15) is 14.4 Å². The van der Waals surface area contributed by atoms with E-state index in [0.717, 1.165) is 0 Å². The quantitative estimate of drug-likeness (QED) is 0.453. The van der Waals surface area contributed by atoms with Crippen LogP contribution in [0.2, 0.25) is 5.02 Å². The fourth-order valence-corrected chi connectivity index (χ4v) is 7.25. The van der Waals surface area contributed by atoms with Crippen LogP contribution in [0.25, 0.3) is 0 Å². The van der Waals surface area contributed by atoms with Gasteiger partial charge in [0, 0.05) is 41.2 Å². The standard InChI is InChI=1S/C31H31ClFN5O4/c1-30(2,3)13-23-31(18-14-35-11-10-20(18)36-29(31)41)24(17-6-5-7-19(32)25(17)33)26-28(40)37(15-38(23)26)21-9-8-16(27(34)39)12-22(21)42-4/h5-12,14,23-24,26H,13,15H2,1-4H3,(H2,34,39)(H,36,41)/t23-,24-,26+,31+/m0/s1. The zero-order valence-corrected chi connectivity index (χ0v) is 24.4. The van der Waals surface area contributed by atoms with Gasteiger partial charge in [-0.2, -0.15) is 0 Å². The second kappa shape index (κ2) is 9.78. The van der Waals surface area contributed by atoms with Crippen molar-refractivity contribution < 1.29 is 23.5 Å². The monoisotopic (exact) mass is 591 g/mol. The van der Waals surface area contributed by atoms with Gasteiger partial charge in [0.2, 0.25) is 17.7 Å². The van der Waals surface area contributed by atoms with Crippen LogP contribution in [-0.4, -0.2) is 53.5 Å². The molecule has 4 atom stereocenters. The fraction of sp³-hybridized carbons (Fsp3) is 0.355. The van der Waals surface area contributed by atoms with Crippen molar-refractivity contribution in [2.75, 3.05) is 24.0 Å². The lowest BCUT2D eigenvalue weighted by molar-refractivity contribution is -0.122. The van der Waals surface area contributed by atoms with E-state index >= 15 is 4.39 Å². The van der Waals surface area contributed by atoms with Crippen molar-refractivity contribution in [2.24, 2.45) is 11.1 Å². The molecule has 2 aromatic carbocycles. The number of nitrogens with two attached hydrogens (primary N) is 1. The Bertz CT molecular complexity index is 1640. The largest absolute Gasteiger partial charge is 0.495 e. The molecule has 2 saturated heterocycles. The molecule has 3 N–H and O–H groups in total. The van der Waals surface area contributed by atoms with Crippen LogP contribution in [0.1, 0.15) is 54.6 Å². The maximum Gasteiger partial charge on any atom is 0.248 e. The smallest absolute Gasteiger partial charge is 0.248 e. The zero-order chi connectivity index (χ0) is 30.1. The molecular formula is C31H31ClFN5O4. The summed E-state index contributed by atoms with van der Waals surface area (Å²) < 4.78 is 21.6. The molecule has 3 aromatic rings. The second-order valence-corrected chi connectivity index (χ2v) is 12.7. The molecule has 11 heteroatoms. The van der Waals surface area contributed by atoms with E-state index in [1.165, 1.54) is 25.3 Å². The Labute approximate surface area is 247 Å². The number of anilines is 2. The van der Waals surface area contributed by atoms with Gasteiger partial charge in [-0.05, 0) is 47.7 Å². The minimum absolute atomic E-state index is 0.0932. The topological polar surface area (TPSA) is 118 Å². The third-order valence-corrected chi connectivity index (χ3v) is 8.97. The first-order valence-electron chi connectivity index (χ1n) is 13.6. The minimum atomic E-state index is -1.32. The molecule has 2 fully saturated rings. The Hall–Kier alpha value is -4.02. The van der Waals surface area contributed by atoms with Crippen LogP contribution >= 0.6 is 11.6 Å². The molecule has 3 aliphatic heterocycles. The van der Waals surface area contributed by atoms with Crippen molar-refractivity contribution in [2.45, 2.75) is 50.6 Å². The maximum atomic E-state index is 16.0. The summed E-state index contributed by atoms with van der Waals surface area (Å²) >= 11 is 6.30. The third kappa shape index (κ3) is 3.99. The van der Waals surface area contributed by atoms with Gasteiger partial charge in [0.05, 0.1) is 30.5 Å². The molecule has 1 aromatic heterocycles. The zero-order valence-electron chi connectivity index (χ0n) is 23.7. The normalized spacial score (nSPS) is 25.1. The van der Waals surface area contributed by atoms with Gasteiger partial charge in [-0.25, -0.2) is 4.39 Å². The minimum Gasteiger partial charge on any atom is -0.495 e. The number of pyridine rings is 1. The number of fused-ring (bicyclic) bond motifs is 3. The summed E-state index contributed by atoms with van der Waals surface area (Å²) in [7, 11) is 1.44. The van der Waals surface area contributed by atoms with E-state index in [0.29, 0.717) is 29.1 Å². The number of carbonyl (C=O) groups is 3. The molecule has 1 spiro atoms. The number of amides is 3. The van der Waals surface area contributed by atoms with E-state index in [1.807, 2.05) is 4.90 Å². The highest BCUT2D eigenvalue weighted by Gasteiger charge is 2.71. The molecule has 6 rings (SSSR count). The Kier molecular flexibility index (Phi) is 6.54. The van der Waals surface area contributed by atoms with Crippen LogP contribution in [0.3, 0.4) is 0 Å². The number of methoxy groups -OCH3 is 1. The lowest BCUT2D eigenvalue weighted by Gasteiger charge is -2.40. The molecule has 4 heterocycles. The van der Waals surface area contributed by atoms with Gasteiger partial charge in [-0.1, -0.05) is 44.5 Å². The average Bonchev–Trinajstić information content (AvgIpc) is 3.52. The number of nitrogens with zero attached hydrogens (tertiary/aromatic N) is 3. The molecule has 0 radical (unpaired) electrons. The molecule has 0 bridgehead atoms. The van der Waals surface area contributed by atoms with Crippen LogP contribution in [-0.2, 0) is 15.0 Å². The van der Waals surface area contributed by atoms with Crippen LogP contribution in [0.5, 0.6) is 5.75 Å². The summed E-state index contributed by atoms with van der Waals surface area (Å²) in [6.45, 7) is 6.32. The van der Waals surface area contributed by atoms with Crippen molar-refractivity contribution >= 4 is 40.7 Å². The van der Waals surface area contributed by atoms with Crippen molar-refractivity contribution in [3.63, 3.8) is 0 Å². The first kappa shape index (κ1) is 28.1. The van der Waals surface area contributed by atoms with E-state index in [1.54, 1.807) is 41.6 Å². The maximum absolute atomic E-state index is 16.0. The van der Waals surface area contributed by atoms with Gasteiger partial charge in [0.15, 0.2) is 0 Å². The number of carbonyl (C=O) groups excluding carboxylic acids is 3. The number of primary amides is 1. The van der Waals surface area contributed by atoms with Gasteiger partial charge < -0.3 is 15.8 Å². The molecular weight excluding hydrogens is 561 g/mol. The number of halogens is 2. The van der Waals surface area contributed by atoms with Gasteiger partial charge in [-0.3, -0.25) is 29.2 Å². The van der Waals surface area contributed by atoms with Crippen LogP contribution in [0.15, 0.2) is 54.9 Å². The second-order valence-electron chi connectivity index (χ2n) is 12.3. The molecule has 0 saturated carbocycles. The molecule has 0 aliphatic carbocycles. The lowest BCUT2D eigenvalue weighted by atomic mass is 9.62. The number of aromatic nitrogens is 1.